The van der Waals surface area contributed by atoms with E-state index in [4.69, 9.17) is 4.74 Å². The number of aromatic hydroxyl groups is 1. The van der Waals surface area contributed by atoms with Crippen LogP contribution in [-0.2, 0) is 12.2 Å². The molecule has 1 atom stereocenters. The zero-order chi connectivity index (χ0) is 14.2. The van der Waals surface area contributed by atoms with Gasteiger partial charge in [-0.05, 0) is 24.7 Å². The molecule has 4 nitrogen and oxygen atoms in total. The Morgan fingerprint density at radius 3 is 2.70 bits per heavy atom. The number of benzene rings is 2. The second-order valence-electron chi connectivity index (χ2n) is 4.98. The molecule has 0 fully saturated rings. The van der Waals surface area contributed by atoms with E-state index in [1.54, 1.807) is 19.2 Å². The van der Waals surface area contributed by atoms with E-state index < -0.39 is 5.60 Å². The van der Waals surface area contributed by atoms with Gasteiger partial charge in [0.1, 0.15) is 23.7 Å². The van der Waals surface area contributed by atoms with E-state index in [1.807, 2.05) is 30.3 Å². The third kappa shape index (κ3) is 1.85. The Labute approximate surface area is 117 Å². The van der Waals surface area contributed by atoms with Crippen molar-refractivity contribution < 1.29 is 14.9 Å². The van der Waals surface area contributed by atoms with E-state index in [0.29, 0.717) is 29.0 Å². The van der Waals surface area contributed by atoms with Gasteiger partial charge in [-0.1, -0.05) is 30.3 Å². The molecule has 2 aromatic rings. The molecule has 104 valence electrons. The molecule has 1 heterocycles. The molecule has 4 heteroatoms. The van der Waals surface area contributed by atoms with Crippen LogP contribution in [0.2, 0.25) is 0 Å². The summed E-state index contributed by atoms with van der Waals surface area (Å²) in [5.74, 6) is 0.783. The molecular formula is C16H17NO3. The zero-order valence-corrected chi connectivity index (χ0v) is 11.3. The minimum Gasteiger partial charge on any atom is -0.508 e. The van der Waals surface area contributed by atoms with Crippen LogP contribution in [0.5, 0.6) is 11.5 Å². The number of nitrogens with one attached hydrogen (secondary N) is 1. The third-order valence-electron chi connectivity index (χ3n) is 3.73. The minimum atomic E-state index is -1.23. The quantitative estimate of drug-likeness (QED) is 0.778. The molecule has 0 saturated carbocycles. The molecule has 0 spiro atoms. The maximum Gasteiger partial charge on any atom is 0.131 e. The standard InChI is InChI=1S/C16H17NO3/c1-17-10-16(19)12-6-4-7-14(18)11(12)9-20-15-8-3-2-5-13(15)16/h2-8,17-19H,9-10H2,1H3. The normalized spacial score (nSPS) is 20.5. The molecule has 20 heavy (non-hydrogen) atoms. The minimum absolute atomic E-state index is 0.143. The van der Waals surface area contributed by atoms with Crippen LogP contribution in [0.25, 0.3) is 0 Å². The van der Waals surface area contributed by atoms with E-state index in [-0.39, 0.29) is 12.4 Å². The van der Waals surface area contributed by atoms with Gasteiger partial charge in [-0.2, -0.15) is 0 Å². The van der Waals surface area contributed by atoms with Crippen molar-refractivity contribution in [3.8, 4) is 11.5 Å². The maximum absolute atomic E-state index is 11.2. The Kier molecular flexibility index (Phi) is 3.12. The molecule has 0 aromatic heterocycles. The first-order chi connectivity index (χ1) is 9.66. The highest BCUT2D eigenvalue weighted by Gasteiger charge is 2.38. The summed E-state index contributed by atoms with van der Waals surface area (Å²) in [7, 11) is 1.79. The fourth-order valence-corrected chi connectivity index (χ4v) is 2.79. The second kappa shape index (κ2) is 4.81. The van der Waals surface area contributed by atoms with Gasteiger partial charge in [0.25, 0.3) is 0 Å². The lowest BCUT2D eigenvalue weighted by molar-refractivity contribution is 0.0813. The van der Waals surface area contributed by atoms with Crippen LogP contribution >= 0.6 is 0 Å². The van der Waals surface area contributed by atoms with Crippen LogP contribution in [0, 0.1) is 0 Å². The number of aliphatic hydroxyl groups is 1. The molecular weight excluding hydrogens is 254 g/mol. The molecule has 0 amide bonds. The average Bonchev–Trinajstić information content (AvgIpc) is 2.57. The van der Waals surface area contributed by atoms with Gasteiger partial charge in [0.2, 0.25) is 0 Å². The van der Waals surface area contributed by atoms with Crippen LogP contribution in [0.4, 0.5) is 0 Å². The fourth-order valence-electron chi connectivity index (χ4n) is 2.79. The first-order valence-corrected chi connectivity index (χ1v) is 6.57. The van der Waals surface area contributed by atoms with Crippen LogP contribution in [-0.4, -0.2) is 23.8 Å². The van der Waals surface area contributed by atoms with Crippen LogP contribution in [0.1, 0.15) is 16.7 Å². The van der Waals surface area contributed by atoms with Gasteiger partial charge >= 0.3 is 0 Å². The monoisotopic (exact) mass is 271 g/mol. The number of fused-ring (bicyclic) bond motifs is 2. The summed E-state index contributed by atoms with van der Waals surface area (Å²) in [6.45, 7) is 0.578. The van der Waals surface area contributed by atoms with Crippen LogP contribution < -0.4 is 10.1 Å². The number of phenols is 1. The molecule has 3 N–H and O–H groups in total. The van der Waals surface area contributed by atoms with Gasteiger partial charge in [0, 0.05) is 17.7 Å². The van der Waals surface area contributed by atoms with Gasteiger partial charge in [0.15, 0.2) is 0 Å². The third-order valence-corrected chi connectivity index (χ3v) is 3.73. The summed E-state index contributed by atoms with van der Waals surface area (Å²) in [6, 6.07) is 12.6. The summed E-state index contributed by atoms with van der Waals surface area (Å²) in [5.41, 5.74) is 0.785. The Bertz CT molecular complexity index is 641. The summed E-state index contributed by atoms with van der Waals surface area (Å²) in [6.07, 6.45) is 0. The van der Waals surface area contributed by atoms with Crippen molar-refractivity contribution in [3.63, 3.8) is 0 Å². The van der Waals surface area contributed by atoms with Crippen molar-refractivity contribution in [2.24, 2.45) is 0 Å². The number of likely N-dealkylation sites (N-methyl/N-ethyl adjacent to an activating group) is 1. The molecule has 0 radical (unpaired) electrons. The number of hydrogen-bond acceptors (Lipinski definition) is 4. The largest absolute Gasteiger partial charge is 0.508 e. The molecule has 1 aliphatic heterocycles. The predicted molar refractivity (Wildman–Crippen MR) is 75.8 cm³/mol. The SMILES string of the molecule is CNCC1(O)c2ccccc2OCc2c(O)cccc21. The van der Waals surface area contributed by atoms with Gasteiger partial charge in [-0.25, -0.2) is 0 Å². The highest BCUT2D eigenvalue weighted by Crippen LogP contribution is 2.42. The number of para-hydroxylation sites is 1. The summed E-state index contributed by atoms with van der Waals surface area (Å²) >= 11 is 0. The Morgan fingerprint density at radius 2 is 1.90 bits per heavy atom. The summed E-state index contributed by atoms with van der Waals surface area (Å²) < 4.78 is 5.75. The number of phenolic OH excluding ortho intramolecular Hbond substituents is 1. The molecule has 2 aromatic carbocycles. The number of rotatable bonds is 2. The van der Waals surface area contributed by atoms with E-state index in [9.17, 15) is 10.2 Å². The molecule has 3 rings (SSSR count). The Hall–Kier alpha value is -2.04. The summed E-state index contributed by atoms with van der Waals surface area (Å²) in [4.78, 5) is 0. The predicted octanol–water partition coefficient (Wildman–Crippen LogP) is 1.74. The number of hydrogen-bond donors (Lipinski definition) is 3. The average molecular weight is 271 g/mol. The lowest BCUT2D eigenvalue weighted by Gasteiger charge is -2.29. The van der Waals surface area contributed by atoms with Crippen LogP contribution in [0.15, 0.2) is 42.5 Å². The van der Waals surface area contributed by atoms with Crippen molar-refractivity contribution in [1.82, 2.24) is 5.32 Å². The van der Waals surface area contributed by atoms with E-state index in [1.165, 1.54) is 0 Å². The first-order valence-electron chi connectivity index (χ1n) is 6.57. The highest BCUT2D eigenvalue weighted by molar-refractivity contribution is 5.52. The van der Waals surface area contributed by atoms with Crippen molar-refractivity contribution in [2.75, 3.05) is 13.6 Å². The van der Waals surface area contributed by atoms with Gasteiger partial charge in [-0.15, -0.1) is 0 Å². The second-order valence-corrected chi connectivity index (χ2v) is 4.98. The summed E-state index contributed by atoms with van der Waals surface area (Å²) in [5, 5.41) is 24.3. The van der Waals surface area contributed by atoms with Crippen molar-refractivity contribution in [3.05, 3.63) is 59.2 Å². The van der Waals surface area contributed by atoms with E-state index in [2.05, 4.69) is 5.32 Å². The molecule has 1 aliphatic rings. The molecule has 0 bridgehead atoms. The molecule has 0 saturated heterocycles. The van der Waals surface area contributed by atoms with Crippen molar-refractivity contribution in [1.29, 1.82) is 0 Å². The lowest BCUT2D eigenvalue weighted by atomic mass is 9.83. The van der Waals surface area contributed by atoms with Crippen LogP contribution in [0.3, 0.4) is 0 Å². The van der Waals surface area contributed by atoms with Gasteiger partial charge < -0.3 is 20.3 Å². The highest BCUT2D eigenvalue weighted by atomic mass is 16.5. The molecule has 1 unspecified atom stereocenters. The fraction of sp³-hybridized carbons (Fsp3) is 0.250. The van der Waals surface area contributed by atoms with Gasteiger partial charge in [-0.3, -0.25) is 0 Å². The first kappa shape index (κ1) is 13.0. The Morgan fingerprint density at radius 1 is 1.15 bits per heavy atom. The smallest absolute Gasteiger partial charge is 0.131 e. The topological polar surface area (TPSA) is 61.7 Å². The number of ether oxygens (including phenoxy) is 1. The molecule has 0 aliphatic carbocycles. The zero-order valence-electron chi connectivity index (χ0n) is 11.3. The van der Waals surface area contributed by atoms with E-state index >= 15 is 0 Å². The maximum atomic E-state index is 11.2. The van der Waals surface area contributed by atoms with Gasteiger partial charge in [0.05, 0.1) is 0 Å². The van der Waals surface area contributed by atoms with Crippen molar-refractivity contribution >= 4 is 0 Å². The van der Waals surface area contributed by atoms with E-state index in [0.717, 1.165) is 0 Å². The Balaban J connectivity index is 2.28. The lowest BCUT2D eigenvalue weighted by Crippen LogP contribution is -2.38. The van der Waals surface area contributed by atoms with Crippen molar-refractivity contribution in [2.45, 2.75) is 12.2 Å².